The molecular weight excluding hydrogens is 158 g/mol. The predicted molar refractivity (Wildman–Crippen MR) is 21.1 cm³/mol. The molecule has 10 heavy (non-hydrogen) atoms. The van der Waals surface area contributed by atoms with Crippen LogP contribution in [0, 0.1) is 0 Å². The summed E-state index contributed by atoms with van der Waals surface area (Å²) in [4.78, 5) is 6.96. The van der Waals surface area contributed by atoms with Gasteiger partial charge in [0.1, 0.15) is 0 Å². The maximum atomic E-state index is 9.27. The van der Waals surface area contributed by atoms with E-state index in [-0.39, 0.29) is 72.3 Å². The Hall–Kier alpha value is 1.84. The fourth-order valence-corrected chi connectivity index (χ4v) is 0.322. The van der Waals surface area contributed by atoms with Crippen molar-refractivity contribution in [2.24, 2.45) is 0 Å². The minimum Gasteiger partial charge on any atom is -0.723 e. The summed E-state index contributed by atoms with van der Waals surface area (Å²) in [7, 11) is 0. The number of rotatable bonds is 5. The molecule has 0 aromatic carbocycles. The maximum absolute atomic E-state index is 9.27. The molecule has 0 radical (unpaired) electrons. The molecule has 0 aliphatic rings. The van der Waals surface area contributed by atoms with Gasteiger partial charge in [-0.2, -0.15) is 0 Å². The van der Waals surface area contributed by atoms with E-state index in [0.29, 0.717) is 12.8 Å². The van der Waals surface area contributed by atoms with Crippen molar-refractivity contribution >= 4 is 0 Å². The van der Waals surface area contributed by atoms with Crippen molar-refractivity contribution in [1.82, 2.24) is 0 Å². The summed E-state index contributed by atoms with van der Waals surface area (Å²) in [6.45, 7) is 0.312. The van der Waals surface area contributed by atoms with Crippen molar-refractivity contribution in [1.29, 1.82) is 0 Å². The van der Waals surface area contributed by atoms with Gasteiger partial charge in [0.25, 0.3) is 0 Å². The summed E-state index contributed by atoms with van der Waals surface area (Å²) >= 11 is 0. The average molecular weight is 166 g/mol. The third kappa shape index (κ3) is 16.4. The van der Waals surface area contributed by atoms with Crippen LogP contribution < -0.4 is 69.6 Å². The summed E-state index contributed by atoms with van der Waals surface area (Å²) < 4.78 is 0. The van der Waals surface area contributed by atoms with Crippen LogP contribution in [0.5, 0.6) is 0 Å². The largest absolute Gasteiger partial charge is 1.00 e. The zero-order valence-corrected chi connectivity index (χ0v) is 10.5. The molecule has 6 heteroatoms. The van der Waals surface area contributed by atoms with Crippen molar-refractivity contribution in [2.75, 3.05) is 13.2 Å². The Balaban J connectivity index is -0.000000245. The second-order valence-corrected chi connectivity index (χ2v) is 1.35. The summed E-state index contributed by atoms with van der Waals surface area (Å²) in [5, 5.41) is 18.5. The van der Waals surface area contributed by atoms with Crippen LogP contribution in [0.15, 0.2) is 0 Å². The number of unbranched alkanes of at least 4 members (excludes halogenated alkanes) is 1. The van der Waals surface area contributed by atoms with Gasteiger partial charge in [0.05, 0.1) is 0 Å². The Morgan fingerprint density at radius 3 is 1.30 bits per heavy atom. The molecule has 0 atom stereocenters. The van der Waals surface area contributed by atoms with Crippen LogP contribution in [0.3, 0.4) is 0 Å². The molecule has 0 aliphatic carbocycles. The molecule has 0 heterocycles. The van der Waals surface area contributed by atoms with E-state index in [1.54, 1.807) is 0 Å². The van der Waals surface area contributed by atoms with Crippen LogP contribution in [0.1, 0.15) is 12.8 Å². The normalized spacial score (nSPS) is 7.80. The molecular formula is C4H8Na2O4. The smallest absolute Gasteiger partial charge is 0.723 e. The molecule has 0 saturated heterocycles. The van der Waals surface area contributed by atoms with Crippen molar-refractivity contribution in [2.45, 2.75) is 12.8 Å². The molecule has 0 bridgehead atoms. The van der Waals surface area contributed by atoms with Crippen molar-refractivity contribution < 1.29 is 79.4 Å². The molecule has 0 aromatic heterocycles. The first kappa shape index (κ1) is 17.8. The fourth-order valence-electron chi connectivity index (χ4n) is 0.322. The van der Waals surface area contributed by atoms with Gasteiger partial charge in [-0.15, -0.1) is 0 Å². The van der Waals surface area contributed by atoms with Crippen molar-refractivity contribution in [3.8, 4) is 0 Å². The number of hydrogen-bond acceptors (Lipinski definition) is 4. The summed E-state index contributed by atoms with van der Waals surface area (Å²) in [5.41, 5.74) is 0. The standard InChI is InChI=1S/C4H10O4.2Na/c5-7-3-1-2-4-8-6;;/h5-6H,1-4H2;;/q;2*+1/p-2. The van der Waals surface area contributed by atoms with Gasteiger partial charge in [-0.05, 0) is 12.8 Å². The summed E-state index contributed by atoms with van der Waals surface area (Å²) in [6, 6.07) is 0. The molecule has 0 unspecified atom stereocenters. The van der Waals surface area contributed by atoms with Gasteiger partial charge in [0.2, 0.25) is 0 Å². The molecule has 50 valence electrons. The van der Waals surface area contributed by atoms with E-state index in [0.717, 1.165) is 0 Å². The summed E-state index contributed by atoms with van der Waals surface area (Å²) in [6.07, 6.45) is 1.18. The zero-order chi connectivity index (χ0) is 6.24. The van der Waals surface area contributed by atoms with Crippen molar-refractivity contribution in [3.63, 3.8) is 0 Å². The Morgan fingerprint density at radius 2 is 1.10 bits per heavy atom. The van der Waals surface area contributed by atoms with E-state index in [4.69, 9.17) is 0 Å². The topological polar surface area (TPSA) is 64.6 Å². The van der Waals surface area contributed by atoms with E-state index in [9.17, 15) is 10.5 Å². The molecule has 0 aromatic rings. The molecule has 0 aliphatic heterocycles. The maximum Gasteiger partial charge on any atom is 1.00 e. The van der Waals surface area contributed by atoms with Crippen LogP contribution >= 0.6 is 0 Å². The third-order valence-corrected chi connectivity index (χ3v) is 0.705. The molecule has 0 saturated carbocycles. The monoisotopic (exact) mass is 166 g/mol. The van der Waals surface area contributed by atoms with E-state index in [1.165, 1.54) is 0 Å². The van der Waals surface area contributed by atoms with E-state index in [1.807, 2.05) is 0 Å². The Labute approximate surface area is 104 Å². The SMILES string of the molecule is [Na+].[Na+].[O-]OCCCCO[O-]. The first-order valence-electron chi connectivity index (χ1n) is 2.41. The van der Waals surface area contributed by atoms with Crippen molar-refractivity contribution in [3.05, 3.63) is 0 Å². The second-order valence-electron chi connectivity index (χ2n) is 1.35. The number of hydrogen-bond donors (Lipinski definition) is 0. The van der Waals surface area contributed by atoms with E-state index < -0.39 is 0 Å². The van der Waals surface area contributed by atoms with Crippen LogP contribution in [0.2, 0.25) is 0 Å². The minimum atomic E-state index is 0. The van der Waals surface area contributed by atoms with Gasteiger partial charge in [-0.25, -0.2) is 0 Å². The predicted octanol–water partition coefficient (Wildman–Crippen LogP) is -7.64. The molecule has 0 N–H and O–H groups in total. The van der Waals surface area contributed by atoms with Crippen LogP contribution in [-0.2, 0) is 9.78 Å². The zero-order valence-electron chi connectivity index (χ0n) is 6.46. The first-order chi connectivity index (χ1) is 3.91. The van der Waals surface area contributed by atoms with Gasteiger partial charge in [0.15, 0.2) is 0 Å². The Kier molecular flexibility index (Phi) is 30.4. The second kappa shape index (κ2) is 17.1. The van der Waals surface area contributed by atoms with E-state index >= 15 is 0 Å². The Bertz CT molecular complexity index is 40.2. The van der Waals surface area contributed by atoms with Crippen LogP contribution in [0.4, 0.5) is 0 Å². The fraction of sp³-hybridized carbons (Fsp3) is 1.00. The quantitative estimate of drug-likeness (QED) is 0.176. The van der Waals surface area contributed by atoms with Gasteiger partial charge >= 0.3 is 59.1 Å². The van der Waals surface area contributed by atoms with Gasteiger partial charge in [0, 0.05) is 13.2 Å². The summed E-state index contributed by atoms with van der Waals surface area (Å²) in [5.74, 6) is 0. The molecule has 0 amide bonds. The van der Waals surface area contributed by atoms with Crippen LogP contribution in [0.25, 0.3) is 0 Å². The van der Waals surface area contributed by atoms with Gasteiger partial charge in [-0.3, -0.25) is 0 Å². The Morgan fingerprint density at radius 1 is 0.800 bits per heavy atom. The molecule has 0 fully saturated rings. The average Bonchev–Trinajstić information content (AvgIpc) is 1.81. The minimum absolute atomic E-state index is 0. The molecule has 0 rings (SSSR count). The first-order valence-corrected chi connectivity index (χ1v) is 2.41. The van der Waals surface area contributed by atoms with E-state index in [2.05, 4.69) is 9.78 Å². The third-order valence-electron chi connectivity index (χ3n) is 0.705. The molecule has 4 nitrogen and oxygen atoms in total. The molecule has 0 spiro atoms. The van der Waals surface area contributed by atoms with Gasteiger partial charge < -0.3 is 20.3 Å². The van der Waals surface area contributed by atoms with Gasteiger partial charge in [-0.1, -0.05) is 0 Å². The van der Waals surface area contributed by atoms with Crippen LogP contribution in [-0.4, -0.2) is 13.2 Å².